The molecule has 0 radical (unpaired) electrons. The lowest BCUT2D eigenvalue weighted by molar-refractivity contribution is -0.114. The average molecular weight is 203 g/mol. The fraction of sp³-hybridized carbons (Fsp3) is 0.167. The molecule has 0 bridgehead atoms. The summed E-state index contributed by atoms with van der Waals surface area (Å²) in [5.74, 6) is -0.105. The van der Waals surface area contributed by atoms with Crippen molar-refractivity contribution in [3.05, 3.63) is 35.9 Å². The molecule has 15 heavy (non-hydrogen) atoms. The summed E-state index contributed by atoms with van der Waals surface area (Å²) in [5.41, 5.74) is 1.65. The molecule has 0 aromatic heterocycles. The van der Waals surface area contributed by atoms with Crippen molar-refractivity contribution in [2.24, 2.45) is 0 Å². The molecule has 3 heteroatoms. The molecular weight excluding hydrogens is 190 g/mol. The van der Waals surface area contributed by atoms with Gasteiger partial charge >= 0.3 is 0 Å². The number of amides is 1. The molecule has 0 saturated carbocycles. The summed E-state index contributed by atoms with van der Waals surface area (Å²) >= 11 is 0. The Hall–Kier alpha value is -1.90. The third-order valence-corrected chi connectivity index (χ3v) is 1.80. The smallest absolute Gasteiger partial charge is 0.221 e. The van der Waals surface area contributed by atoms with Crippen LogP contribution in [-0.4, -0.2) is 12.2 Å². The number of carbonyl (C=O) groups is 2. The van der Waals surface area contributed by atoms with Crippen LogP contribution >= 0.6 is 0 Å². The van der Waals surface area contributed by atoms with Gasteiger partial charge in [0.1, 0.15) is 6.29 Å². The molecule has 1 aromatic rings. The third-order valence-electron chi connectivity index (χ3n) is 1.80. The number of carbonyl (C=O) groups excluding carboxylic acids is 2. The first-order valence-corrected chi connectivity index (χ1v) is 4.71. The standard InChI is InChI=1S/C12H13NO2/c1-10(15)13-12-8-3-2-6-11(12)7-4-5-9-14/h2-4,6-9H,5H2,1H3,(H,13,15). The van der Waals surface area contributed by atoms with Gasteiger partial charge < -0.3 is 10.1 Å². The number of allylic oxidation sites excluding steroid dienone is 1. The first-order valence-electron chi connectivity index (χ1n) is 4.71. The van der Waals surface area contributed by atoms with E-state index in [2.05, 4.69) is 5.32 Å². The van der Waals surface area contributed by atoms with Gasteiger partial charge in [0, 0.05) is 19.0 Å². The molecule has 0 fully saturated rings. The molecule has 0 aliphatic carbocycles. The van der Waals surface area contributed by atoms with Gasteiger partial charge in [0.2, 0.25) is 5.91 Å². The molecule has 0 aliphatic rings. The Morgan fingerprint density at radius 1 is 1.40 bits per heavy atom. The number of hydrogen-bond donors (Lipinski definition) is 1. The molecule has 0 saturated heterocycles. The molecule has 1 amide bonds. The molecular formula is C12H13NO2. The summed E-state index contributed by atoms with van der Waals surface area (Å²) in [6.07, 6.45) is 4.79. The SMILES string of the molecule is CC(=O)Nc1ccccc1C=CCC=O. The lowest BCUT2D eigenvalue weighted by Gasteiger charge is -2.05. The summed E-state index contributed by atoms with van der Waals surface area (Å²) in [6.45, 7) is 1.46. The van der Waals surface area contributed by atoms with Crippen LogP contribution in [0.2, 0.25) is 0 Å². The largest absolute Gasteiger partial charge is 0.326 e. The molecule has 0 spiro atoms. The fourth-order valence-electron chi connectivity index (χ4n) is 1.20. The second kappa shape index (κ2) is 5.75. The predicted octanol–water partition coefficient (Wildman–Crippen LogP) is 2.25. The van der Waals surface area contributed by atoms with Crippen molar-refractivity contribution in [2.75, 3.05) is 5.32 Å². The number of nitrogens with one attached hydrogen (secondary N) is 1. The molecule has 0 heterocycles. The zero-order valence-electron chi connectivity index (χ0n) is 8.57. The Kier molecular flexibility index (Phi) is 4.29. The monoisotopic (exact) mass is 203 g/mol. The second-order valence-corrected chi connectivity index (χ2v) is 3.07. The first kappa shape index (κ1) is 11.2. The lowest BCUT2D eigenvalue weighted by atomic mass is 10.1. The fourth-order valence-corrected chi connectivity index (χ4v) is 1.20. The minimum Gasteiger partial charge on any atom is -0.326 e. The van der Waals surface area contributed by atoms with Crippen molar-refractivity contribution < 1.29 is 9.59 Å². The number of benzene rings is 1. The molecule has 0 unspecified atom stereocenters. The van der Waals surface area contributed by atoms with E-state index >= 15 is 0 Å². The van der Waals surface area contributed by atoms with E-state index in [9.17, 15) is 9.59 Å². The molecule has 1 rings (SSSR count). The minimum absolute atomic E-state index is 0.105. The van der Waals surface area contributed by atoms with E-state index in [0.29, 0.717) is 6.42 Å². The van der Waals surface area contributed by atoms with Gasteiger partial charge in [-0.1, -0.05) is 30.4 Å². The van der Waals surface area contributed by atoms with Crippen LogP contribution in [0.15, 0.2) is 30.3 Å². The maximum atomic E-state index is 10.9. The van der Waals surface area contributed by atoms with Gasteiger partial charge in [-0.05, 0) is 11.6 Å². The van der Waals surface area contributed by atoms with Crippen LogP contribution in [0, 0.1) is 0 Å². The molecule has 1 aromatic carbocycles. The summed E-state index contributed by atoms with van der Waals surface area (Å²) in [6, 6.07) is 7.43. The zero-order valence-corrected chi connectivity index (χ0v) is 8.57. The van der Waals surface area contributed by atoms with E-state index in [-0.39, 0.29) is 5.91 Å². The summed E-state index contributed by atoms with van der Waals surface area (Å²) in [5, 5.41) is 2.72. The quantitative estimate of drug-likeness (QED) is 0.763. The summed E-state index contributed by atoms with van der Waals surface area (Å²) in [7, 11) is 0. The Morgan fingerprint density at radius 3 is 2.80 bits per heavy atom. The summed E-state index contributed by atoms with van der Waals surface area (Å²) in [4.78, 5) is 21.0. The molecule has 1 N–H and O–H groups in total. The van der Waals surface area contributed by atoms with Crippen LogP contribution in [0.5, 0.6) is 0 Å². The molecule has 0 atom stereocenters. The van der Waals surface area contributed by atoms with Gasteiger partial charge in [-0.2, -0.15) is 0 Å². The highest BCUT2D eigenvalue weighted by Crippen LogP contribution is 2.16. The Bertz CT molecular complexity index is 383. The van der Waals surface area contributed by atoms with Crippen molar-refractivity contribution in [1.82, 2.24) is 0 Å². The van der Waals surface area contributed by atoms with Crippen LogP contribution in [0.4, 0.5) is 5.69 Å². The Labute approximate surface area is 88.8 Å². The van der Waals surface area contributed by atoms with Gasteiger partial charge in [-0.15, -0.1) is 0 Å². The van der Waals surface area contributed by atoms with Crippen LogP contribution in [0.1, 0.15) is 18.9 Å². The van der Waals surface area contributed by atoms with E-state index in [1.165, 1.54) is 6.92 Å². The van der Waals surface area contributed by atoms with Crippen molar-refractivity contribution >= 4 is 24.0 Å². The van der Waals surface area contributed by atoms with Crippen molar-refractivity contribution in [3.8, 4) is 0 Å². The lowest BCUT2D eigenvalue weighted by Crippen LogP contribution is -2.06. The van der Waals surface area contributed by atoms with Gasteiger partial charge in [-0.3, -0.25) is 4.79 Å². The third kappa shape index (κ3) is 3.77. The van der Waals surface area contributed by atoms with E-state index in [1.54, 1.807) is 6.08 Å². The maximum absolute atomic E-state index is 10.9. The van der Waals surface area contributed by atoms with Gasteiger partial charge in [0.05, 0.1) is 0 Å². The highest BCUT2D eigenvalue weighted by atomic mass is 16.1. The van der Waals surface area contributed by atoms with Gasteiger partial charge in [0.15, 0.2) is 0 Å². The topological polar surface area (TPSA) is 46.2 Å². The van der Waals surface area contributed by atoms with Crippen LogP contribution in [0.3, 0.4) is 0 Å². The van der Waals surface area contributed by atoms with Gasteiger partial charge in [0.25, 0.3) is 0 Å². The highest BCUT2D eigenvalue weighted by Gasteiger charge is 1.98. The van der Waals surface area contributed by atoms with E-state index in [4.69, 9.17) is 0 Å². The highest BCUT2D eigenvalue weighted by molar-refractivity contribution is 5.91. The Balaban J connectivity index is 2.85. The van der Waals surface area contributed by atoms with Crippen molar-refractivity contribution in [2.45, 2.75) is 13.3 Å². The second-order valence-electron chi connectivity index (χ2n) is 3.07. The van der Waals surface area contributed by atoms with Gasteiger partial charge in [-0.25, -0.2) is 0 Å². The van der Waals surface area contributed by atoms with Crippen LogP contribution in [-0.2, 0) is 9.59 Å². The van der Waals surface area contributed by atoms with Crippen molar-refractivity contribution in [1.29, 1.82) is 0 Å². The van der Waals surface area contributed by atoms with Crippen molar-refractivity contribution in [3.63, 3.8) is 0 Å². The number of aldehydes is 1. The molecule has 0 aliphatic heterocycles. The maximum Gasteiger partial charge on any atom is 0.221 e. The van der Waals surface area contributed by atoms with E-state index < -0.39 is 0 Å². The zero-order chi connectivity index (χ0) is 11.1. The molecule has 78 valence electrons. The minimum atomic E-state index is -0.105. The van der Waals surface area contributed by atoms with Crippen LogP contribution in [0.25, 0.3) is 6.08 Å². The number of rotatable bonds is 4. The Morgan fingerprint density at radius 2 is 2.13 bits per heavy atom. The molecule has 3 nitrogen and oxygen atoms in total. The predicted molar refractivity (Wildman–Crippen MR) is 60.5 cm³/mol. The number of hydrogen-bond acceptors (Lipinski definition) is 2. The van der Waals surface area contributed by atoms with E-state index in [0.717, 1.165) is 17.5 Å². The normalized spacial score (nSPS) is 10.2. The number of anilines is 1. The van der Waals surface area contributed by atoms with Crippen LogP contribution < -0.4 is 5.32 Å². The average Bonchev–Trinajstić information content (AvgIpc) is 2.20. The number of para-hydroxylation sites is 1. The summed E-state index contributed by atoms with van der Waals surface area (Å²) < 4.78 is 0. The first-order chi connectivity index (χ1) is 7.24. The van der Waals surface area contributed by atoms with E-state index in [1.807, 2.05) is 30.3 Å².